The molecule has 0 saturated carbocycles. The van der Waals surface area contributed by atoms with Gasteiger partial charge >= 0.3 is 5.69 Å². The van der Waals surface area contributed by atoms with E-state index in [-0.39, 0.29) is 78.1 Å². The van der Waals surface area contributed by atoms with Crippen molar-refractivity contribution in [2.75, 3.05) is 32.1 Å². The van der Waals surface area contributed by atoms with Crippen LogP contribution in [0.25, 0.3) is 11.1 Å². The Morgan fingerprint density at radius 2 is 1.36 bits per heavy atom. The summed E-state index contributed by atoms with van der Waals surface area (Å²) in [5.41, 5.74) is 6.65. The molecule has 0 aliphatic carbocycles. The van der Waals surface area contributed by atoms with Crippen LogP contribution in [0.15, 0.2) is 114 Å². The molecule has 11 bridgehead atoms. The minimum atomic E-state index is -2.38. The quantitative estimate of drug-likeness (QED) is 0.0432. The van der Waals surface area contributed by atoms with Gasteiger partial charge < -0.3 is 128 Å². The normalized spacial score (nSPS) is 25.9. The molecule has 6 aromatic carbocycles. The second-order valence-corrected chi connectivity index (χ2v) is 32.6. The molecule has 0 unspecified atom stereocenters. The van der Waals surface area contributed by atoms with Crippen LogP contribution < -0.4 is 84.3 Å². The summed E-state index contributed by atoms with van der Waals surface area (Å²) < 4.78 is 40.7. The molecule has 18 atom stereocenters. The molecule has 0 spiro atoms. The number of anilines is 1. The van der Waals surface area contributed by atoms with Crippen LogP contribution in [-0.2, 0) is 70.3 Å². The standard InChI is InChI=1S/C82H92Cl4N14O25/c1-7-90-99-79(118)63-42-28-40(102)29-50(104)60(42)41-23-36(9-13-49(41)103)61-75(114)98-65(78(117)96-63)67(108)38-11-15-52(46(86)25-38)122-54-27-39-26-53(121-51-14-10-37(24-45(51)85)66(107)64(97-73(112)47(88-6)20-33(2)3)77(116)91-48(30-56(87)105)74(113)94-62(39)76(115)95-61)70(54)125-80-71(69(110)68(109)55(32-101)123-80)124-59-31-82(5,72(111)34(4)120-59)89-17-19-100-18-16-57(93-81(100)119)92-58(106)22-35-8-12-43(83)44(84)21-35/h8-16,18,21,23-29,33-34,47-48,55,59,61-69,71-72,80,88-90,101-104,107-111H,7,17,19-20,22,30-32H2,1-6H3,(H2,87,105)(H,91,116)(H,94,113)(H,95,115)(H,96,117)(H,97,112)(H,98,114)(H,99,118)(H,92,93,106,119)/t34-,47+,48-,55+,59-,61+,62+,63+,64+,65-,66+,67+,68+,69-,71+,72+,80-,82-/m0/s1. The van der Waals surface area contributed by atoms with E-state index in [4.69, 9.17) is 80.6 Å². The van der Waals surface area contributed by atoms with Crippen molar-refractivity contribution in [1.82, 2.24) is 62.9 Å². The number of likely N-dealkylation sites (N-methyl/N-ethyl adjacent to an activating group) is 1. The van der Waals surface area contributed by atoms with Gasteiger partial charge in [0.05, 0.1) is 57.8 Å². The zero-order chi connectivity index (χ0) is 90.5. The first-order valence-electron chi connectivity index (χ1n) is 39.4. The molecular formula is C82H92Cl4N14O25. The molecule has 8 heterocycles. The molecule has 1 aromatic heterocycles. The van der Waals surface area contributed by atoms with Crippen molar-refractivity contribution >= 4 is 105 Å². The number of nitrogens with two attached hydrogens (primary N) is 1. The van der Waals surface area contributed by atoms with Crippen LogP contribution in [0.1, 0.15) is 118 Å². The number of aromatic nitrogens is 2. The number of ether oxygens (including phenoxy) is 6. The summed E-state index contributed by atoms with van der Waals surface area (Å²) in [6.07, 6.45) is -18.2. The Morgan fingerprint density at radius 3 is 1.99 bits per heavy atom. The first-order chi connectivity index (χ1) is 59.3. The van der Waals surface area contributed by atoms with Crippen molar-refractivity contribution in [3.8, 4) is 57.1 Å². The van der Waals surface area contributed by atoms with Crippen LogP contribution >= 0.6 is 46.4 Å². The third-order valence-electron chi connectivity index (χ3n) is 21.5. The lowest BCUT2D eigenvalue weighted by Gasteiger charge is -2.48. The summed E-state index contributed by atoms with van der Waals surface area (Å²) in [7, 11) is 1.47. The molecule has 22 N–H and O–H groups in total. The highest BCUT2D eigenvalue weighted by atomic mass is 35.5. The Hall–Kier alpha value is -11.1. The predicted octanol–water partition coefficient (Wildman–Crippen LogP) is 2.04. The topological polar surface area (TPSA) is 584 Å². The van der Waals surface area contributed by atoms with Crippen molar-refractivity contribution in [1.29, 1.82) is 0 Å². The van der Waals surface area contributed by atoms with Crippen molar-refractivity contribution in [3.05, 3.63) is 173 Å². The van der Waals surface area contributed by atoms with Gasteiger partial charge in [-0.1, -0.05) is 91.4 Å². The van der Waals surface area contributed by atoms with E-state index in [1.54, 1.807) is 19.9 Å². The van der Waals surface area contributed by atoms with Gasteiger partial charge in [-0.15, -0.1) is 0 Å². The number of nitrogens with zero attached hydrogens (tertiary/aromatic N) is 2. The van der Waals surface area contributed by atoms with E-state index < -0.39 is 254 Å². The smallest absolute Gasteiger partial charge is 0.349 e. The molecule has 43 heteroatoms. The molecule has 7 aliphatic rings. The minimum Gasteiger partial charge on any atom is -0.508 e. The van der Waals surface area contributed by atoms with E-state index in [0.29, 0.717) is 10.6 Å². The zero-order valence-corrected chi connectivity index (χ0v) is 70.5. The number of carbonyl (C=O) groups is 9. The maximum atomic E-state index is 16.3. The summed E-state index contributed by atoms with van der Waals surface area (Å²) in [5.74, 6) is -15.8. The number of rotatable bonds is 22. The minimum absolute atomic E-state index is 0.0378. The Balaban J connectivity index is 0.998. The zero-order valence-electron chi connectivity index (χ0n) is 67.5. The Morgan fingerprint density at radius 1 is 0.704 bits per heavy atom. The van der Waals surface area contributed by atoms with Gasteiger partial charge in [0, 0.05) is 55.0 Å². The Kier molecular flexibility index (Phi) is 29.5. The lowest BCUT2D eigenvalue weighted by atomic mass is 9.85. The average Bonchev–Trinajstić information content (AvgIpc) is 0.767. The van der Waals surface area contributed by atoms with Crippen molar-refractivity contribution < 1.29 is 118 Å². The van der Waals surface area contributed by atoms with Gasteiger partial charge in [0.25, 0.3) is 5.91 Å². The Labute approximate surface area is 732 Å². The number of hydrogen-bond acceptors (Lipinski definition) is 29. The molecule has 9 amide bonds. The van der Waals surface area contributed by atoms with Crippen LogP contribution in [0.5, 0.6) is 46.0 Å². The number of primary amides is 1. The highest BCUT2D eigenvalue weighted by Gasteiger charge is 2.52. The number of aliphatic hydroxyl groups excluding tert-OH is 6. The van der Waals surface area contributed by atoms with Gasteiger partial charge in [0.2, 0.25) is 59.3 Å². The maximum Gasteiger partial charge on any atom is 0.349 e. The number of aromatic hydroxyl groups is 3. The van der Waals surface area contributed by atoms with Crippen molar-refractivity contribution in [2.45, 2.75) is 176 Å². The number of halogens is 4. The first kappa shape index (κ1) is 93.1. The molecule has 2 fully saturated rings. The molecule has 7 aromatic rings. The van der Waals surface area contributed by atoms with Crippen LogP contribution in [0.3, 0.4) is 0 Å². The molecule has 2 saturated heterocycles. The Bertz CT molecular complexity index is 5370. The summed E-state index contributed by atoms with van der Waals surface area (Å²) >= 11 is 26.5. The van der Waals surface area contributed by atoms with E-state index in [0.717, 1.165) is 60.7 Å². The number of hydrogen-bond donors (Lipinski definition) is 21. The number of carbonyl (C=O) groups excluding carboxylic acids is 9. The van der Waals surface area contributed by atoms with Gasteiger partial charge in [-0.3, -0.25) is 53.1 Å². The van der Waals surface area contributed by atoms with E-state index >= 15 is 24.0 Å². The van der Waals surface area contributed by atoms with E-state index in [1.165, 1.54) is 61.1 Å². The van der Waals surface area contributed by atoms with Gasteiger partial charge in [0.1, 0.15) is 101 Å². The van der Waals surface area contributed by atoms with Crippen LogP contribution in [0.2, 0.25) is 20.1 Å². The lowest BCUT2D eigenvalue weighted by molar-refractivity contribution is -0.334. The first-order valence-corrected chi connectivity index (χ1v) is 40.9. The van der Waals surface area contributed by atoms with Gasteiger partial charge in [-0.05, 0) is 139 Å². The van der Waals surface area contributed by atoms with Gasteiger partial charge in [0.15, 0.2) is 23.9 Å². The monoisotopic (exact) mass is 1810 g/mol. The third-order valence-corrected chi connectivity index (χ3v) is 22.8. The SMILES string of the molecule is CCNNC(=O)[C@@H]1NC(=O)[C@H]2NC(=O)[C@H](NC(=O)[C@@H]3NC(=O)[C@H](CC(N)=O)NC(=O)[C@H](NC(=O)[C@@H](CC(C)C)NC)[C@H](O)c4ccc(c(Cl)c4)Oc4cc3cc(c4O[C@@H]3O[C@H](CO)[C@@H](O)[C@H](O)[C@H]3O[C@H]3C[C@](C)(NCCn4ccc(NC(=O)Cc5ccc(Cl)c(Cl)c5)nc4=O)[C@H](O)[C@H](C)O3)Oc3ccc(cc3Cl)[C@H]2O)c2ccc(O)c(c2)-c2c(O)cc(O)cc21. The number of benzene rings is 6. The van der Waals surface area contributed by atoms with Gasteiger partial charge in [-0.2, -0.15) is 4.98 Å². The molecular weight excluding hydrogens is 1720 g/mol. The van der Waals surface area contributed by atoms with Crippen molar-refractivity contribution in [3.63, 3.8) is 0 Å². The average molecular weight is 1820 g/mol. The number of amides is 9. The fourth-order valence-corrected chi connectivity index (χ4v) is 15.8. The molecule has 14 rings (SSSR count). The number of phenols is 3. The summed E-state index contributed by atoms with van der Waals surface area (Å²) in [6.45, 7) is 7.31. The number of aliphatic hydroxyl groups is 6. The third kappa shape index (κ3) is 21.2. The second kappa shape index (κ2) is 39.6. The highest BCUT2D eigenvalue weighted by Crippen LogP contribution is 2.50. The van der Waals surface area contributed by atoms with Crippen LogP contribution in [0.4, 0.5) is 5.82 Å². The summed E-state index contributed by atoms with van der Waals surface area (Å²) in [4.78, 5) is 150. The summed E-state index contributed by atoms with van der Waals surface area (Å²) in [6, 6.07) is 5.90. The maximum absolute atomic E-state index is 16.3. The predicted molar refractivity (Wildman–Crippen MR) is 445 cm³/mol. The molecule has 7 aliphatic heterocycles. The van der Waals surface area contributed by atoms with E-state index in [1.807, 2.05) is 13.8 Å². The number of phenolic OH excluding ortho intramolecular Hbond substituents is 3. The molecule has 125 heavy (non-hydrogen) atoms. The fraction of sp³-hybridized carbons (Fsp3) is 0.402. The van der Waals surface area contributed by atoms with Crippen molar-refractivity contribution in [2.24, 2.45) is 11.7 Å². The highest BCUT2D eigenvalue weighted by molar-refractivity contribution is 6.42. The molecule has 0 radical (unpaired) electrons. The molecule has 39 nitrogen and oxygen atoms in total. The van der Waals surface area contributed by atoms with E-state index in [9.17, 15) is 69.9 Å². The lowest BCUT2D eigenvalue weighted by Crippen LogP contribution is -2.65. The molecule has 668 valence electrons. The van der Waals surface area contributed by atoms with Crippen LogP contribution in [-0.4, -0.2) is 214 Å². The van der Waals surface area contributed by atoms with Gasteiger partial charge in [-0.25, -0.2) is 10.2 Å². The summed E-state index contributed by atoms with van der Waals surface area (Å²) in [5, 5.41) is 130. The van der Waals surface area contributed by atoms with Crippen LogP contribution in [0, 0.1) is 5.92 Å². The number of fused-ring (bicyclic) bond motifs is 15. The fourth-order valence-electron chi connectivity index (χ4n) is 15.1. The van der Waals surface area contributed by atoms with E-state index in [2.05, 4.69) is 63.7 Å². The number of hydrazine groups is 1. The number of nitrogens with one attached hydrogen (secondary N) is 11. The largest absolute Gasteiger partial charge is 0.508 e. The second-order valence-electron chi connectivity index (χ2n) is 31.0.